The van der Waals surface area contributed by atoms with Gasteiger partial charge in [0.1, 0.15) is 17.1 Å². The Hall–Kier alpha value is -2.79. The number of aryl methyl sites for hydroxylation is 2. The predicted molar refractivity (Wildman–Crippen MR) is 181 cm³/mol. The first-order valence-electron chi connectivity index (χ1n) is 16.0. The SMILES string of the molecule is CC(C)=CCCC(C)=CCCC(C)=CCC[C@]1(C)CCc2cc(OCCCS(=O)(=O)c3ccc(C)cc3)c(C)c(C)c2O1. The van der Waals surface area contributed by atoms with Gasteiger partial charge in [-0.2, -0.15) is 0 Å². The van der Waals surface area contributed by atoms with E-state index in [0.29, 0.717) is 17.9 Å². The van der Waals surface area contributed by atoms with Crippen molar-refractivity contribution in [2.24, 2.45) is 0 Å². The maximum Gasteiger partial charge on any atom is 0.178 e. The first kappa shape index (κ1) is 34.7. The molecule has 236 valence electrons. The minimum atomic E-state index is -3.31. The highest BCUT2D eigenvalue weighted by Gasteiger charge is 2.33. The van der Waals surface area contributed by atoms with Gasteiger partial charge in [-0.05, 0) is 148 Å². The van der Waals surface area contributed by atoms with Crippen LogP contribution >= 0.6 is 0 Å². The fourth-order valence-electron chi connectivity index (χ4n) is 5.54. The van der Waals surface area contributed by atoms with Crippen LogP contribution in [0.3, 0.4) is 0 Å². The summed E-state index contributed by atoms with van der Waals surface area (Å²) in [6.45, 7) is 17.5. The molecule has 1 aliphatic heterocycles. The summed E-state index contributed by atoms with van der Waals surface area (Å²) in [4.78, 5) is 0.373. The van der Waals surface area contributed by atoms with Gasteiger partial charge in [0.15, 0.2) is 9.84 Å². The summed E-state index contributed by atoms with van der Waals surface area (Å²) in [5, 5.41) is 0. The van der Waals surface area contributed by atoms with Crippen molar-refractivity contribution < 1.29 is 17.9 Å². The number of ether oxygens (including phenoxy) is 2. The molecule has 5 heteroatoms. The van der Waals surface area contributed by atoms with E-state index in [-0.39, 0.29) is 11.4 Å². The number of allylic oxidation sites excluding steroid dienone is 6. The van der Waals surface area contributed by atoms with E-state index in [9.17, 15) is 8.42 Å². The summed E-state index contributed by atoms with van der Waals surface area (Å²) in [5.41, 5.74) is 8.55. The van der Waals surface area contributed by atoms with Gasteiger partial charge in [-0.15, -0.1) is 0 Å². The lowest BCUT2D eigenvalue weighted by atomic mass is 9.86. The van der Waals surface area contributed by atoms with Gasteiger partial charge in [0, 0.05) is 0 Å². The van der Waals surface area contributed by atoms with Crippen LogP contribution in [0.2, 0.25) is 0 Å². The number of rotatable bonds is 15. The smallest absolute Gasteiger partial charge is 0.178 e. The molecular weight excluding hydrogens is 552 g/mol. The Morgan fingerprint density at radius 2 is 1.53 bits per heavy atom. The monoisotopic (exact) mass is 606 g/mol. The number of hydrogen-bond donors (Lipinski definition) is 0. The van der Waals surface area contributed by atoms with Crippen molar-refractivity contribution in [1.29, 1.82) is 0 Å². The molecule has 0 spiro atoms. The fraction of sp³-hybridized carbons (Fsp3) is 0.526. The standard InChI is InChI=1S/C38H54O4S/c1-28(2)13-9-14-29(3)15-10-16-30(4)17-11-23-38(8)24-22-34-27-36(32(6)33(7)37(34)42-38)41-25-12-26-43(39,40)35-20-18-31(5)19-21-35/h13,15,17-21,27H,9-12,14,16,22-26H2,1-8H3/t38-/m1/s1. The van der Waals surface area contributed by atoms with Gasteiger partial charge in [0.05, 0.1) is 17.3 Å². The third-order valence-corrected chi connectivity index (χ3v) is 10.4. The molecular formula is C38H54O4S. The van der Waals surface area contributed by atoms with E-state index in [2.05, 4.69) is 72.8 Å². The van der Waals surface area contributed by atoms with Crippen LogP contribution in [0.1, 0.15) is 108 Å². The van der Waals surface area contributed by atoms with Crippen molar-refractivity contribution in [3.8, 4) is 11.5 Å². The van der Waals surface area contributed by atoms with Crippen LogP contribution < -0.4 is 9.47 Å². The van der Waals surface area contributed by atoms with Crippen molar-refractivity contribution in [3.05, 3.63) is 87.5 Å². The van der Waals surface area contributed by atoms with Crippen molar-refractivity contribution in [2.45, 2.75) is 124 Å². The van der Waals surface area contributed by atoms with Crippen LogP contribution in [-0.2, 0) is 16.3 Å². The first-order chi connectivity index (χ1) is 20.3. The molecule has 2 aromatic carbocycles. The molecule has 0 radical (unpaired) electrons. The summed E-state index contributed by atoms with van der Waals surface area (Å²) in [6, 6.07) is 9.14. The quantitative estimate of drug-likeness (QED) is 0.150. The summed E-state index contributed by atoms with van der Waals surface area (Å²) in [6.07, 6.45) is 16.0. The molecule has 43 heavy (non-hydrogen) atoms. The van der Waals surface area contributed by atoms with Crippen LogP contribution in [-0.4, -0.2) is 26.4 Å². The Bertz CT molecular complexity index is 1420. The highest BCUT2D eigenvalue weighted by molar-refractivity contribution is 7.91. The molecule has 0 saturated heterocycles. The first-order valence-corrected chi connectivity index (χ1v) is 17.6. The highest BCUT2D eigenvalue weighted by Crippen LogP contribution is 2.42. The molecule has 1 heterocycles. The van der Waals surface area contributed by atoms with Crippen LogP contribution in [0.5, 0.6) is 11.5 Å². The predicted octanol–water partition coefficient (Wildman–Crippen LogP) is 10.1. The third kappa shape index (κ3) is 10.7. The van der Waals surface area contributed by atoms with Gasteiger partial charge < -0.3 is 9.47 Å². The van der Waals surface area contributed by atoms with Crippen molar-refractivity contribution in [2.75, 3.05) is 12.4 Å². The molecule has 0 aromatic heterocycles. The Kier molecular flexibility index (Phi) is 12.7. The van der Waals surface area contributed by atoms with Crippen LogP contribution in [0.15, 0.2) is 70.2 Å². The Morgan fingerprint density at radius 3 is 2.19 bits per heavy atom. The second-order valence-electron chi connectivity index (χ2n) is 13.0. The summed E-state index contributed by atoms with van der Waals surface area (Å²) < 4.78 is 38.2. The number of hydrogen-bond acceptors (Lipinski definition) is 4. The summed E-state index contributed by atoms with van der Waals surface area (Å²) in [7, 11) is -3.31. The van der Waals surface area contributed by atoms with Crippen molar-refractivity contribution in [1.82, 2.24) is 0 Å². The number of fused-ring (bicyclic) bond motifs is 1. The van der Waals surface area contributed by atoms with Gasteiger partial charge in [-0.3, -0.25) is 0 Å². The third-order valence-electron chi connectivity index (χ3n) is 8.63. The fourth-order valence-corrected chi connectivity index (χ4v) is 6.82. The molecule has 0 fully saturated rings. The molecule has 0 aliphatic carbocycles. The Labute approximate surface area is 262 Å². The van der Waals surface area contributed by atoms with Crippen LogP contribution in [0.25, 0.3) is 0 Å². The molecule has 0 bridgehead atoms. The zero-order valence-electron chi connectivity index (χ0n) is 27.9. The van der Waals surface area contributed by atoms with Crippen LogP contribution in [0, 0.1) is 20.8 Å². The lowest BCUT2D eigenvalue weighted by Crippen LogP contribution is -2.36. The summed E-state index contributed by atoms with van der Waals surface area (Å²) in [5.74, 6) is 1.90. The van der Waals surface area contributed by atoms with Gasteiger partial charge in [-0.1, -0.05) is 52.6 Å². The normalized spacial score (nSPS) is 17.3. The van der Waals surface area contributed by atoms with E-state index in [1.54, 1.807) is 12.1 Å². The van der Waals surface area contributed by atoms with E-state index in [0.717, 1.165) is 79.6 Å². The van der Waals surface area contributed by atoms with E-state index in [1.807, 2.05) is 19.1 Å². The van der Waals surface area contributed by atoms with Crippen LogP contribution in [0.4, 0.5) is 0 Å². The highest BCUT2D eigenvalue weighted by atomic mass is 32.2. The molecule has 1 aliphatic rings. The molecule has 0 unspecified atom stereocenters. The molecule has 4 nitrogen and oxygen atoms in total. The van der Waals surface area contributed by atoms with E-state index >= 15 is 0 Å². The molecule has 1 atom stereocenters. The van der Waals surface area contributed by atoms with Gasteiger partial charge >= 0.3 is 0 Å². The molecule has 0 N–H and O–H groups in total. The maximum absolute atomic E-state index is 12.7. The zero-order valence-corrected chi connectivity index (χ0v) is 28.8. The van der Waals surface area contributed by atoms with Crippen molar-refractivity contribution in [3.63, 3.8) is 0 Å². The van der Waals surface area contributed by atoms with E-state index < -0.39 is 9.84 Å². The van der Waals surface area contributed by atoms with E-state index in [4.69, 9.17) is 9.47 Å². The average molecular weight is 607 g/mol. The lowest BCUT2D eigenvalue weighted by Gasteiger charge is -2.37. The molecule has 0 saturated carbocycles. The van der Waals surface area contributed by atoms with Gasteiger partial charge in [-0.25, -0.2) is 8.42 Å². The number of benzene rings is 2. The summed E-state index contributed by atoms with van der Waals surface area (Å²) >= 11 is 0. The average Bonchev–Trinajstić information content (AvgIpc) is 2.94. The second-order valence-corrected chi connectivity index (χ2v) is 15.1. The van der Waals surface area contributed by atoms with Crippen molar-refractivity contribution >= 4 is 9.84 Å². The minimum Gasteiger partial charge on any atom is -0.493 e. The minimum absolute atomic E-state index is 0.0708. The molecule has 0 amide bonds. The lowest BCUT2D eigenvalue weighted by molar-refractivity contribution is 0.0560. The Balaban J connectivity index is 1.50. The number of sulfone groups is 1. The van der Waals surface area contributed by atoms with Gasteiger partial charge in [0.2, 0.25) is 0 Å². The Morgan fingerprint density at radius 1 is 0.907 bits per heavy atom. The zero-order chi connectivity index (χ0) is 31.6. The second kappa shape index (κ2) is 15.8. The topological polar surface area (TPSA) is 52.6 Å². The van der Waals surface area contributed by atoms with E-state index in [1.165, 1.54) is 22.3 Å². The molecule has 3 rings (SSSR count). The van der Waals surface area contributed by atoms with Gasteiger partial charge in [0.25, 0.3) is 0 Å². The molecule has 2 aromatic rings. The maximum atomic E-state index is 12.7. The largest absolute Gasteiger partial charge is 0.493 e.